The summed E-state index contributed by atoms with van der Waals surface area (Å²) >= 11 is 9.90. The fourth-order valence-corrected chi connectivity index (χ4v) is 3.40. The number of benzene rings is 2. The van der Waals surface area contributed by atoms with Gasteiger partial charge in [0.25, 0.3) is 0 Å². The minimum absolute atomic E-state index is 0.219. The molecule has 0 bridgehead atoms. The van der Waals surface area contributed by atoms with Crippen molar-refractivity contribution in [1.29, 1.82) is 0 Å². The number of aryl methyl sites for hydroxylation is 1. The summed E-state index contributed by atoms with van der Waals surface area (Å²) in [5.74, 6) is 1.46. The summed E-state index contributed by atoms with van der Waals surface area (Å²) in [5, 5.41) is 8.99. The van der Waals surface area contributed by atoms with Crippen LogP contribution in [0.2, 0.25) is 5.15 Å². The van der Waals surface area contributed by atoms with Crippen LogP contribution >= 0.6 is 27.5 Å². The number of halogens is 2. The summed E-state index contributed by atoms with van der Waals surface area (Å²) in [6, 6.07) is 21.4. The van der Waals surface area contributed by atoms with Crippen molar-refractivity contribution in [3.63, 3.8) is 0 Å². The Kier molecular flexibility index (Phi) is 5.83. The maximum absolute atomic E-state index is 6.47. The standard InChI is InChI=1S/C22H17BrClN3O2/c1-15-20(22(24)27(26-15)18-5-3-2-4-6-18)13-25-28-14-19-11-12-21(29-19)16-7-9-17(23)10-8-16/h2-13H,14H2,1H3/b25-13-. The lowest BCUT2D eigenvalue weighted by atomic mass is 10.2. The zero-order valence-electron chi connectivity index (χ0n) is 15.5. The molecule has 5 nitrogen and oxygen atoms in total. The second-order valence-corrected chi connectivity index (χ2v) is 7.59. The summed E-state index contributed by atoms with van der Waals surface area (Å²) < 4.78 is 8.51. The first-order valence-electron chi connectivity index (χ1n) is 8.92. The third kappa shape index (κ3) is 4.44. The Morgan fingerprint density at radius 1 is 1.10 bits per heavy atom. The van der Waals surface area contributed by atoms with E-state index in [4.69, 9.17) is 20.9 Å². The molecule has 4 rings (SSSR count). The van der Waals surface area contributed by atoms with Gasteiger partial charge in [-0.25, -0.2) is 4.68 Å². The van der Waals surface area contributed by atoms with E-state index in [9.17, 15) is 0 Å². The molecule has 0 aliphatic rings. The van der Waals surface area contributed by atoms with Crippen molar-refractivity contribution in [1.82, 2.24) is 9.78 Å². The van der Waals surface area contributed by atoms with Crippen molar-refractivity contribution >= 4 is 33.7 Å². The van der Waals surface area contributed by atoms with Gasteiger partial charge in [-0.15, -0.1) is 0 Å². The van der Waals surface area contributed by atoms with Gasteiger partial charge in [0, 0.05) is 10.0 Å². The molecule has 2 aromatic carbocycles. The predicted octanol–water partition coefficient (Wildman–Crippen LogP) is 6.41. The van der Waals surface area contributed by atoms with E-state index in [1.807, 2.05) is 73.7 Å². The summed E-state index contributed by atoms with van der Waals surface area (Å²) in [6.45, 7) is 2.10. The summed E-state index contributed by atoms with van der Waals surface area (Å²) in [5.41, 5.74) is 3.36. The average Bonchev–Trinajstić information content (AvgIpc) is 3.32. The number of rotatable bonds is 6. The van der Waals surface area contributed by atoms with E-state index in [1.165, 1.54) is 0 Å². The van der Waals surface area contributed by atoms with E-state index in [0.29, 0.717) is 16.5 Å². The Labute approximate surface area is 181 Å². The number of para-hydroxylation sites is 1. The van der Waals surface area contributed by atoms with Gasteiger partial charge in [0.1, 0.15) is 16.7 Å². The van der Waals surface area contributed by atoms with Gasteiger partial charge < -0.3 is 9.25 Å². The zero-order valence-corrected chi connectivity index (χ0v) is 17.9. The third-order valence-electron chi connectivity index (χ3n) is 4.30. The molecule has 2 aromatic heterocycles. The molecule has 0 radical (unpaired) electrons. The first kappa shape index (κ1) is 19.5. The molecule has 0 spiro atoms. The van der Waals surface area contributed by atoms with E-state index < -0.39 is 0 Å². The highest BCUT2D eigenvalue weighted by molar-refractivity contribution is 9.10. The topological polar surface area (TPSA) is 52.5 Å². The zero-order chi connectivity index (χ0) is 20.2. The maximum atomic E-state index is 6.47. The number of furan rings is 1. The average molecular weight is 471 g/mol. The molecule has 4 aromatic rings. The minimum Gasteiger partial charge on any atom is -0.457 e. The van der Waals surface area contributed by atoms with Crippen LogP contribution in [0, 0.1) is 6.92 Å². The Hall–Kier alpha value is -2.83. The first-order valence-corrected chi connectivity index (χ1v) is 10.1. The second-order valence-electron chi connectivity index (χ2n) is 6.32. The van der Waals surface area contributed by atoms with Crippen LogP contribution in [0.4, 0.5) is 0 Å². The van der Waals surface area contributed by atoms with Crippen molar-refractivity contribution in [2.24, 2.45) is 5.16 Å². The van der Waals surface area contributed by atoms with Gasteiger partial charge in [0.05, 0.1) is 23.2 Å². The molecule has 0 saturated carbocycles. The molecule has 0 N–H and O–H groups in total. The van der Waals surface area contributed by atoms with Gasteiger partial charge in [0.2, 0.25) is 0 Å². The number of aromatic nitrogens is 2. The summed E-state index contributed by atoms with van der Waals surface area (Å²) in [6.07, 6.45) is 1.57. The van der Waals surface area contributed by atoms with Crippen LogP contribution < -0.4 is 0 Å². The van der Waals surface area contributed by atoms with Crippen LogP contribution in [-0.2, 0) is 11.4 Å². The van der Waals surface area contributed by atoms with Gasteiger partial charge in [-0.05, 0) is 43.3 Å². The monoisotopic (exact) mass is 469 g/mol. The normalized spacial score (nSPS) is 11.3. The molecule has 2 heterocycles. The number of oxime groups is 1. The number of hydrogen-bond donors (Lipinski definition) is 0. The van der Waals surface area contributed by atoms with Gasteiger partial charge >= 0.3 is 0 Å². The number of hydrogen-bond acceptors (Lipinski definition) is 4. The summed E-state index contributed by atoms with van der Waals surface area (Å²) in [7, 11) is 0. The highest BCUT2D eigenvalue weighted by Gasteiger charge is 2.13. The highest BCUT2D eigenvalue weighted by atomic mass is 79.9. The predicted molar refractivity (Wildman–Crippen MR) is 118 cm³/mol. The lowest BCUT2D eigenvalue weighted by Crippen LogP contribution is -1.96. The fourth-order valence-electron chi connectivity index (χ4n) is 2.81. The molecule has 0 fully saturated rings. The Bertz CT molecular complexity index is 1130. The van der Waals surface area contributed by atoms with Gasteiger partial charge in [-0.1, -0.05) is 63.0 Å². The molecular formula is C22H17BrClN3O2. The van der Waals surface area contributed by atoms with E-state index in [-0.39, 0.29) is 6.61 Å². The van der Waals surface area contributed by atoms with Crippen molar-refractivity contribution in [3.8, 4) is 17.0 Å². The van der Waals surface area contributed by atoms with E-state index in [2.05, 4.69) is 26.2 Å². The Morgan fingerprint density at radius 2 is 1.86 bits per heavy atom. The molecule has 0 atom stereocenters. The molecule has 29 heavy (non-hydrogen) atoms. The smallest absolute Gasteiger partial charge is 0.174 e. The van der Waals surface area contributed by atoms with Crippen molar-refractivity contribution in [2.75, 3.05) is 0 Å². The Balaban J connectivity index is 1.41. The van der Waals surface area contributed by atoms with Crippen LogP contribution in [0.3, 0.4) is 0 Å². The fraction of sp³-hybridized carbons (Fsp3) is 0.0909. The van der Waals surface area contributed by atoms with Crippen LogP contribution in [0.5, 0.6) is 0 Å². The molecular weight excluding hydrogens is 454 g/mol. The SMILES string of the molecule is Cc1nn(-c2ccccc2)c(Cl)c1/C=N\OCc1ccc(-c2ccc(Br)cc2)o1. The summed E-state index contributed by atoms with van der Waals surface area (Å²) in [4.78, 5) is 5.39. The second kappa shape index (κ2) is 8.68. The maximum Gasteiger partial charge on any atom is 0.174 e. The molecule has 0 amide bonds. The van der Waals surface area contributed by atoms with Crippen LogP contribution in [0.1, 0.15) is 17.0 Å². The van der Waals surface area contributed by atoms with Crippen molar-refractivity contribution in [2.45, 2.75) is 13.5 Å². The van der Waals surface area contributed by atoms with Crippen LogP contribution in [0.25, 0.3) is 17.0 Å². The van der Waals surface area contributed by atoms with Crippen molar-refractivity contribution in [3.05, 3.63) is 93.4 Å². The third-order valence-corrected chi connectivity index (χ3v) is 5.19. The quantitative estimate of drug-likeness (QED) is 0.242. The van der Waals surface area contributed by atoms with Crippen LogP contribution in [-0.4, -0.2) is 16.0 Å². The van der Waals surface area contributed by atoms with Gasteiger partial charge in [-0.3, -0.25) is 0 Å². The Morgan fingerprint density at radius 3 is 2.62 bits per heavy atom. The molecule has 0 unspecified atom stereocenters. The van der Waals surface area contributed by atoms with Crippen molar-refractivity contribution < 1.29 is 9.25 Å². The lowest BCUT2D eigenvalue weighted by molar-refractivity contribution is 0.116. The van der Waals surface area contributed by atoms with Gasteiger partial charge in [0.15, 0.2) is 6.61 Å². The largest absolute Gasteiger partial charge is 0.457 e. The van der Waals surface area contributed by atoms with E-state index in [0.717, 1.165) is 27.2 Å². The molecule has 7 heteroatoms. The lowest BCUT2D eigenvalue weighted by Gasteiger charge is -2.01. The molecule has 0 saturated heterocycles. The molecule has 0 aliphatic carbocycles. The highest BCUT2D eigenvalue weighted by Crippen LogP contribution is 2.25. The van der Waals surface area contributed by atoms with E-state index >= 15 is 0 Å². The first-order chi connectivity index (χ1) is 14.1. The van der Waals surface area contributed by atoms with E-state index in [1.54, 1.807) is 10.9 Å². The number of nitrogens with zero attached hydrogens (tertiary/aromatic N) is 3. The molecule has 0 aliphatic heterocycles. The van der Waals surface area contributed by atoms with Crippen LogP contribution in [0.15, 0.2) is 80.8 Å². The molecule has 146 valence electrons. The minimum atomic E-state index is 0.219. The van der Waals surface area contributed by atoms with Gasteiger partial charge in [-0.2, -0.15) is 5.10 Å².